The van der Waals surface area contributed by atoms with Crippen LogP contribution in [0.1, 0.15) is 60.1 Å². The highest BCUT2D eigenvalue weighted by Gasteiger charge is 2.46. The highest BCUT2D eigenvalue weighted by Crippen LogP contribution is 2.56. The van der Waals surface area contributed by atoms with Crippen molar-refractivity contribution in [2.45, 2.75) is 44.9 Å². The molecule has 0 aromatic heterocycles. The van der Waals surface area contributed by atoms with Gasteiger partial charge in [0.2, 0.25) is 0 Å². The molecule has 0 radical (unpaired) electrons. The smallest absolute Gasteiger partial charge is 0.122 e. The normalized spacial score (nSPS) is 13.1. The molecular formula is C35H38O4. The minimum absolute atomic E-state index is 0.0110. The molecule has 0 atom stereocenters. The molecule has 0 heterocycles. The predicted molar refractivity (Wildman–Crippen MR) is 157 cm³/mol. The summed E-state index contributed by atoms with van der Waals surface area (Å²) in [5.74, 6) is 1.67. The molecule has 4 aromatic carbocycles. The van der Waals surface area contributed by atoms with Gasteiger partial charge in [0, 0.05) is 0 Å². The van der Waals surface area contributed by atoms with Crippen LogP contribution in [-0.4, -0.2) is 36.6 Å². The van der Waals surface area contributed by atoms with Crippen LogP contribution in [0.5, 0.6) is 11.5 Å². The molecule has 4 aromatic rings. The maximum Gasteiger partial charge on any atom is 0.122 e. The number of hydrogen-bond acceptors (Lipinski definition) is 4. The van der Waals surface area contributed by atoms with Crippen molar-refractivity contribution in [2.24, 2.45) is 0 Å². The first-order chi connectivity index (χ1) is 19.2. The number of aliphatic hydroxyl groups is 2. The summed E-state index contributed by atoms with van der Waals surface area (Å²) in [6.45, 7) is 4.90. The number of aliphatic hydroxyl groups excluding tert-OH is 2. The first-order valence-corrected chi connectivity index (χ1v) is 14.1. The lowest BCUT2D eigenvalue weighted by molar-refractivity contribution is 0.200. The Bertz CT molecular complexity index is 1320. The molecule has 202 valence electrons. The Morgan fingerprint density at radius 2 is 1.03 bits per heavy atom. The number of rotatable bonds is 12. The standard InChI is InChI=1S/C35H38O4/c1-3-9-25-23-27(15-17-33(25)38-21-19-36)35(28-16-18-34(39-22-20-37)26(24-28)10-4-2)31-13-7-5-11-29(31)30-12-6-8-14-32(30)35/h5-8,11-18,23-24,36-37H,3-4,9-10,19-22H2,1-2H3. The van der Waals surface area contributed by atoms with Crippen molar-refractivity contribution < 1.29 is 19.7 Å². The van der Waals surface area contributed by atoms with Crippen LogP contribution in [0.3, 0.4) is 0 Å². The van der Waals surface area contributed by atoms with Crippen molar-refractivity contribution in [1.29, 1.82) is 0 Å². The van der Waals surface area contributed by atoms with Crippen LogP contribution < -0.4 is 9.47 Å². The fraction of sp³-hybridized carbons (Fsp3) is 0.314. The average Bonchev–Trinajstić information content (AvgIpc) is 3.27. The van der Waals surface area contributed by atoms with Crippen LogP contribution in [0.4, 0.5) is 0 Å². The maximum atomic E-state index is 9.38. The van der Waals surface area contributed by atoms with Crippen molar-refractivity contribution in [2.75, 3.05) is 26.4 Å². The van der Waals surface area contributed by atoms with Gasteiger partial charge in [-0.1, -0.05) is 99.5 Å². The zero-order valence-corrected chi connectivity index (χ0v) is 23.0. The maximum absolute atomic E-state index is 9.38. The van der Waals surface area contributed by atoms with Crippen LogP contribution in [0.2, 0.25) is 0 Å². The quantitative estimate of drug-likeness (QED) is 0.192. The van der Waals surface area contributed by atoms with Gasteiger partial charge in [-0.05, 0) is 69.5 Å². The molecular weight excluding hydrogens is 484 g/mol. The largest absolute Gasteiger partial charge is 0.491 e. The summed E-state index contributed by atoms with van der Waals surface area (Å²) in [6.07, 6.45) is 3.78. The third-order valence-corrected chi connectivity index (χ3v) is 7.68. The van der Waals surface area contributed by atoms with E-state index < -0.39 is 5.41 Å². The van der Waals surface area contributed by atoms with Crippen LogP contribution in [0.15, 0.2) is 84.9 Å². The summed E-state index contributed by atoms with van der Waals surface area (Å²) in [5.41, 5.74) is 9.24. The summed E-state index contributed by atoms with van der Waals surface area (Å²) >= 11 is 0. The third kappa shape index (κ3) is 4.84. The first kappa shape index (κ1) is 27.0. The fourth-order valence-corrected chi connectivity index (χ4v) is 6.17. The van der Waals surface area contributed by atoms with E-state index in [1.807, 2.05) is 0 Å². The van der Waals surface area contributed by atoms with Gasteiger partial charge >= 0.3 is 0 Å². The van der Waals surface area contributed by atoms with Gasteiger partial charge in [0.05, 0.1) is 18.6 Å². The van der Waals surface area contributed by atoms with E-state index >= 15 is 0 Å². The molecule has 0 unspecified atom stereocenters. The van der Waals surface area contributed by atoms with Crippen molar-refractivity contribution in [3.63, 3.8) is 0 Å². The molecule has 0 spiro atoms. The lowest BCUT2D eigenvalue weighted by atomic mass is 9.67. The Hall–Kier alpha value is -3.60. The van der Waals surface area contributed by atoms with Gasteiger partial charge in [0.25, 0.3) is 0 Å². The lowest BCUT2D eigenvalue weighted by Crippen LogP contribution is -2.29. The summed E-state index contributed by atoms with van der Waals surface area (Å²) in [5, 5.41) is 18.8. The predicted octanol–water partition coefficient (Wildman–Crippen LogP) is 6.70. The zero-order valence-electron chi connectivity index (χ0n) is 23.0. The van der Waals surface area contributed by atoms with Crippen molar-refractivity contribution in [3.8, 4) is 22.6 Å². The van der Waals surface area contributed by atoms with E-state index in [1.165, 1.54) is 33.4 Å². The first-order valence-electron chi connectivity index (χ1n) is 14.1. The second-order valence-corrected chi connectivity index (χ2v) is 10.1. The Labute approximate surface area is 231 Å². The molecule has 0 saturated heterocycles. The number of ether oxygens (including phenoxy) is 2. The Morgan fingerprint density at radius 1 is 0.590 bits per heavy atom. The Balaban J connectivity index is 1.81. The van der Waals surface area contributed by atoms with E-state index in [0.717, 1.165) is 48.3 Å². The minimum Gasteiger partial charge on any atom is -0.491 e. The number of fused-ring (bicyclic) bond motifs is 3. The molecule has 5 rings (SSSR count). The van der Waals surface area contributed by atoms with Gasteiger partial charge in [-0.3, -0.25) is 0 Å². The van der Waals surface area contributed by atoms with Gasteiger partial charge in [-0.15, -0.1) is 0 Å². The van der Waals surface area contributed by atoms with E-state index in [2.05, 4.69) is 98.8 Å². The highest BCUT2D eigenvalue weighted by atomic mass is 16.5. The number of benzene rings is 4. The molecule has 0 amide bonds. The minimum atomic E-state index is -0.511. The van der Waals surface area contributed by atoms with Crippen LogP contribution >= 0.6 is 0 Å². The summed E-state index contributed by atoms with van der Waals surface area (Å²) < 4.78 is 11.9. The van der Waals surface area contributed by atoms with Crippen LogP contribution in [0, 0.1) is 0 Å². The SMILES string of the molecule is CCCc1cc(C2(c3ccc(OCCO)c(CCC)c3)c3ccccc3-c3ccccc32)ccc1OCCO. The second-order valence-electron chi connectivity index (χ2n) is 10.1. The fourth-order valence-electron chi connectivity index (χ4n) is 6.17. The zero-order chi connectivity index (χ0) is 27.2. The molecule has 0 aliphatic heterocycles. The van der Waals surface area contributed by atoms with Gasteiger partial charge in [-0.2, -0.15) is 0 Å². The van der Waals surface area contributed by atoms with Gasteiger partial charge in [0.1, 0.15) is 24.7 Å². The molecule has 0 fully saturated rings. The number of hydrogen-bond donors (Lipinski definition) is 2. The average molecular weight is 523 g/mol. The van der Waals surface area contributed by atoms with Crippen molar-refractivity contribution >= 4 is 0 Å². The monoisotopic (exact) mass is 522 g/mol. The second kappa shape index (κ2) is 12.1. The van der Waals surface area contributed by atoms with E-state index in [9.17, 15) is 10.2 Å². The van der Waals surface area contributed by atoms with Gasteiger partial charge < -0.3 is 19.7 Å². The highest BCUT2D eigenvalue weighted by molar-refractivity contribution is 5.86. The van der Waals surface area contributed by atoms with E-state index in [4.69, 9.17) is 9.47 Å². The van der Waals surface area contributed by atoms with Gasteiger partial charge in [0.15, 0.2) is 0 Å². The van der Waals surface area contributed by atoms with Crippen molar-refractivity contribution in [1.82, 2.24) is 0 Å². The van der Waals surface area contributed by atoms with E-state index in [-0.39, 0.29) is 26.4 Å². The molecule has 4 heteroatoms. The molecule has 0 saturated carbocycles. The van der Waals surface area contributed by atoms with Crippen molar-refractivity contribution in [3.05, 3.63) is 118 Å². The molecule has 0 bridgehead atoms. The van der Waals surface area contributed by atoms with Gasteiger partial charge in [-0.25, -0.2) is 0 Å². The summed E-state index contributed by atoms with van der Waals surface area (Å²) in [7, 11) is 0. The topological polar surface area (TPSA) is 58.9 Å². The van der Waals surface area contributed by atoms with Crippen LogP contribution in [-0.2, 0) is 18.3 Å². The third-order valence-electron chi connectivity index (χ3n) is 7.68. The Kier molecular flexibility index (Phi) is 8.35. The lowest BCUT2D eigenvalue weighted by Gasteiger charge is -2.35. The molecule has 1 aliphatic rings. The number of aryl methyl sites for hydroxylation is 2. The summed E-state index contributed by atoms with van der Waals surface area (Å²) in [4.78, 5) is 0. The van der Waals surface area contributed by atoms with E-state index in [0.29, 0.717) is 0 Å². The van der Waals surface area contributed by atoms with E-state index in [1.54, 1.807) is 0 Å². The molecule has 1 aliphatic carbocycles. The van der Waals surface area contributed by atoms with Crippen LogP contribution in [0.25, 0.3) is 11.1 Å². The molecule has 39 heavy (non-hydrogen) atoms. The molecule has 2 N–H and O–H groups in total. The summed E-state index contributed by atoms with van der Waals surface area (Å²) in [6, 6.07) is 30.7. The molecule has 4 nitrogen and oxygen atoms in total. The Morgan fingerprint density at radius 3 is 1.44 bits per heavy atom.